The molecule has 2 nitrogen and oxygen atoms in total. The van der Waals surface area contributed by atoms with Gasteiger partial charge in [0.2, 0.25) is 0 Å². The van der Waals surface area contributed by atoms with Crippen molar-refractivity contribution in [1.82, 2.24) is 10.2 Å². The number of rotatable bonds is 2. The van der Waals surface area contributed by atoms with E-state index in [-0.39, 0.29) is 0 Å². The van der Waals surface area contributed by atoms with Gasteiger partial charge in [0.15, 0.2) is 0 Å². The van der Waals surface area contributed by atoms with E-state index in [1.54, 1.807) is 0 Å². The minimum absolute atomic E-state index is 1.07. The van der Waals surface area contributed by atoms with E-state index in [1.807, 2.05) is 0 Å². The molecule has 0 radical (unpaired) electrons. The maximum Gasteiger partial charge on any atom is 0.0235 e. The number of nitrogens with one attached hydrogen (secondary N) is 1. The average molecular weight is 269 g/mol. The molecule has 1 N–H and O–H groups in total. The van der Waals surface area contributed by atoms with Gasteiger partial charge in [0.25, 0.3) is 0 Å². The molecule has 1 aliphatic rings. The molecular formula is C12H17BrN2. The van der Waals surface area contributed by atoms with Gasteiger partial charge in [0.1, 0.15) is 0 Å². The second-order valence-electron chi connectivity index (χ2n) is 4.11. The van der Waals surface area contributed by atoms with E-state index in [9.17, 15) is 0 Å². The summed E-state index contributed by atoms with van der Waals surface area (Å²) in [7, 11) is 0. The Morgan fingerprint density at radius 1 is 1.33 bits per heavy atom. The highest BCUT2D eigenvalue weighted by molar-refractivity contribution is 9.10. The summed E-state index contributed by atoms with van der Waals surface area (Å²) in [4.78, 5) is 2.49. The van der Waals surface area contributed by atoms with Gasteiger partial charge in [-0.15, -0.1) is 0 Å². The molecule has 0 saturated carbocycles. The second-order valence-corrected chi connectivity index (χ2v) is 4.96. The fourth-order valence-electron chi connectivity index (χ4n) is 1.86. The maximum atomic E-state index is 3.58. The molecule has 0 unspecified atom stereocenters. The van der Waals surface area contributed by atoms with Gasteiger partial charge in [-0.05, 0) is 24.1 Å². The number of benzene rings is 1. The normalized spacial score (nSPS) is 18.0. The van der Waals surface area contributed by atoms with Gasteiger partial charge in [0.05, 0.1) is 0 Å². The average Bonchev–Trinajstić information content (AvgIpc) is 2.25. The Bertz CT molecular complexity index is 332. The Hall–Kier alpha value is -0.380. The van der Waals surface area contributed by atoms with Crippen LogP contribution in [-0.4, -0.2) is 31.1 Å². The summed E-state index contributed by atoms with van der Waals surface area (Å²) in [5.74, 6) is 0. The molecule has 0 aliphatic carbocycles. The van der Waals surface area contributed by atoms with Crippen molar-refractivity contribution < 1.29 is 0 Å². The first-order valence-electron chi connectivity index (χ1n) is 5.44. The van der Waals surface area contributed by atoms with Crippen molar-refractivity contribution in [2.45, 2.75) is 13.5 Å². The smallest absolute Gasteiger partial charge is 0.0235 e. The van der Waals surface area contributed by atoms with Crippen LogP contribution in [0.3, 0.4) is 0 Å². The lowest BCUT2D eigenvalue weighted by atomic mass is 10.1. The van der Waals surface area contributed by atoms with Crippen molar-refractivity contribution in [2.75, 3.05) is 26.2 Å². The van der Waals surface area contributed by atoms with Crippen molar-refractivity contribution in [3.63, 3.8) is 0 Å². The first kappa shape index (κ1) is 11.1. The zero-order valence-electron chi connectivity index (χ0n) is 9.09. The standard InChI is InChI=1S/C12H17BrN2/c1-10-2-3-11(8-12(10)13)9-15-6-4-14-5-7-15/h2-3,8,14H,4-7,9H2,1H3. The van der Waals surface area contributed by atoms with Gasteiger partial charge in [-0.3, -0.25) is 4.90 Å². The van der Waals surface area contributed by atoms with Gasteiger partial charge in [0, 0.05) is 37.2 Å². The van der Waals surface area contributed by atoms with Crippen LogP contribution in [0.1, 0.15) is 11.1 Å². The van der Waals surface area contributed by atoms with E-state index in [2.05, 4.69) is 51.3 Å². The molecule has 0 amide bonds. The van der Waals surface area contributed by atoms with Crippen molar-refractivity contribution in [3.8, 4) is 0 Å². The van der Waals surface area contributed by atoms with E-state index >= 15 is 0 Å². The predicted octanol–water partition coefficient (Wildman–Crippen LogP) is 2.16. The fraction of sp³-hybridized carbons (Fsp3) is 0.500. The van der Waals surface area contributed by atoms with Crippen LogP contribution in [0.5, 0.6) is 0 Å². The van der Waals surface area contributed by atoms with Crippen LogP contribution in [0.4, 0.5) is 0 Å². The third kappa shape index (κ3) is 3.03. The molecule has 15 heavy (non-hydrogen) atoms. The Morgan fingerprint density at radius 2 is 2.07 bits per heavy atom. The monoisotopic (exact) mass is 268 g/mol. The molecule has 2 rings (SSSR count). The molecule has 0 bridgehead atoms. The molecule has 1 saturated heterocycles. The van der Waals surface area contributed by atoms with Crippen molar-refractivity contribution in [3.05, 3.63) is 33.8 Å². The molecule has 1 fully saturated rings. The number of hydrogen-bond acceptors (Lipinski definition) is 2. The van der Waals surface area contributed by atoms with Crippen LogP contribution in [0.15, 0.2) is 22.7 Å². The second kappa shape index (κ2) is 5.10. The lowest BCUT2D eigenvalue weighted by Crippen LogP contribution is -2.42. The summed E-state index contributed by atoms with van der Waals surface area (Å²) in [6.45, 7) is 7.75. The number of halogens is 1. The zero-order chi connectivity index (χ0) is 10.7. The molecule has 1 aliphatic heterocycles. The molecule has 0 aromatic heterocycles. The minimum atomic E-state index is 1.07. The van der Waals surface area contributed by atoms with E-state index < -0.39 is 0 Å². The lowest BCUT2D eigenvalue weighted by molar-refractivity contribution is 0.233. The van der Waals surface area contributed by atoms with Crippen molar-refractivity contribution >= 4 is 15.9 Å². The molecule has 0 spiro atoms. The van der Waals surface area contributed by atoms with E-state index in [1.165, 1.54) is 15.6 Å². The summed E-state index contributed by atoms with van der Waals surface area (Å²) >= 11 is 3.58. The fourth-order valence-corrected chi connectivity index (χ4v) is 2.29. The van der Waals surface area contributed by atoms with Crippen molar-refractivity contribution in [1.29, 1.82) is 0 Å². The Kier molecular flexibility index (Phi) is 3.78. The number of hydrogen-bond donors (Lipinski definition) is 1. The van der Waals surface area contributed by atoms with Gasteiger partial charge < -0.3 is 5.32 Å². The van der Waals surface area contributed by atoms with Gasteiger partial charge in [-0.1, -0.05) is 28.1 Å². The summed E-state index contributed by atoms with van der Waals surface area (Å²) in [5.41, 5.74) is 2.70. The first-order chi connectivity index (χ1) is 7.25. The SMILES string of the molecule is Cc1ccc(CN2CCNCC2)cc1Br. The number of nitrogens with zero attached hydrogens (tertiary/aromatic N) is 1. The number of aryl methyl sites for hydroxylation is 1. The highest BCUT2D eigenvalue weighted by Crippen LogP contribution is 2.18. The lowest BCUT2D eigenvalue weighted by Gasteiger charge is -2.27. The third-order valence-electron chi connectivity index (χ3n) is 2.85. The van der Waals surface area contributed by atoms with Crippen LogP contribution < -0.4 is 5.32 Å². The van der Waals surface area contributed by atoms with Gasteiger partial charge in [-0.25, -0.2) is 0 Å². The predicted molar refractivity (Wildman–Crippen MR) is 67.0 cm³/mol. The van der Waals surface area contributed by atoms with Crippen LogP contribution in [0.25, 0.3) is 0 Å². The van der Waals surface area contributed by atoms with E-state index in [0.29, 0.717) is 0 Å². The van der Waals surface area contributed by atoms with Crippen LogP contribution >= 0.6 is 15.9 Å². The molecule has 1 heterocycles. The van der Waals surface area contributed by atoms with Crippen LogP contribution in [0.2, 0.25) is 0 Å². The molecular weight excluding hydrogens is 252 g/mol. The van der Waals surface area contributed by atoms with Crippen LogP contribution in [0, 0.1) is 6.92 Å². The molecule has 82 valence electrons. The number of piperazine rings is 1. The maximum absolute atomic E-state index is 3.58. The quantitative estimate of drug-likeness (QED) is 0.885. The first-order valence-corrected chi connectivity index (χ1v) is 6.23. The molecule has 1 aromatic carbocycles. The minimum Gasteiger partial charge on any atom is -0.314 e. The summed E-state index contributed by atoms with van der Waals surface area (Å²) in [6, 6.07) is 6.64. The van der Waals surface area contributed by atoms with Gasteiger partial charge >= 0.3 is 0 Å². The largest absolute Gasteiger partial charge is 0.314 e. The zero-order valence-corrected chi connectivity index (χ0v) is 10.7. The molecule has 1 aromatic rings. The van der Waals surface area contributed by atoms with Crippen LogP contribution in [-0.2, 0) is 6.54 Å². The Morgan fingerprint density at radius 3 is 2.73 bits per heavy atom. The topological polar surface area (TPSA) is 15.3 Å². The highest BCUT2D eigenvalue weighted by Gasteiger charge is 2.09. The molecule has 3 heteroatoms. The summed E-state index contributed by atoms with van der Waals surface area (Å²) in [5, 5.41) is 3.37. The van der Waals surface area contributed by atoms with E-state index in [0.717, 1.165) is 32.7 Å². The summed E-state index contributed by atoms with van der Waals surface area (Å²) < 4.78 is 1.22. The Labute approximate surface area is 99.8 Å². The third-order valence-corrected chi connectivity index (χ3v) is 3.71. The van der Waals surface area contributed by atoms with Crippen molar-refractivity contribution in [2.24, 2.45) is 0 Å². The van der Waals surface area contributed by atoms with E-state index in [4.69, 9.17) is 0 Å². The Balaban J connectivity index is 2.00. The highest BCUT2D eigenvalue weighted by atomic mass is 79.9. The molecule has 0 atom stereocenters. The van der Waals surface area contributed by atoms with Gasteiger partial charge in [-0.2, -0.15) is 0 Å². The summed E-state index contributed by atoms with van der Waals surface area (Å²) in [6.07, 6.45) is 0.